The molecule has 0 saturated carbocycles. The van der Waals surface area contributed by atoms with Crippen LogP contribution in [0.4, 0.5) is 18.0 Å². The van der Waals surface area contributed by atoms with Gasteiger partial charge in [0.1, 0.15) is 6.54 Å². The molecule has 6 nitrogen and oxygen atoms in total. The maximum absolute atomic E-state index is 14.1. The Morgan fingerprint density at radius 2 is 1.75 bits per heavy atom. The van der Waals surface area contributed by atoms with Gasteiger partial charge in [-0.2, -0.15) is 13.2 Å². The van der Waals surface area contributed by atoms with Crippen molar-refractivity contribution < 1.29 is 27.9 Å². The first-order valence-electron chi connectivity index (χ1n) is 10.2. The molecule has 0 spiro atoms. The van der Waals surface area contributed by atoms with Gasteiger partial charge in [0.25, 0.3) is 0 Å². The molecule has 3 aromatic rings. The Labute approximate surface area is 182 Å². The summed E-state index contributed by atoms with van der Waals surface area (Å²) in [6.07, 6.45) is -5.14. The van der Waals surface area contributed by atoms with Gasteiger partial charge in [0.2, 0.25) is 5.91 Å². The van der Waals surface area contributed by atoms with E-state index in [1.807, 2.05) is 30.3 Å². The summed E-state index contributed by atoms with van der Waals surface area (Å²) >= 11 is 0. The van der Waals surface area contributed by atoms with Crippen LogP contribution in [-0.2, 0) is 36.9 Å². The van der Waals surface area contributed by atoms with Crippen LogP contribution in [0, 0.1) is 0 Å². The van der Waals surface area contributed by atoms with Crippen LogP contribution in [0.5, 0.6) is 0 Å². The predicted octanol–water partition coefficient (Wildman–Crippen LogP) is 4.06. The fourth-order valence-electron chi connectivity index (χ4n) is 4.38. The summed E-state index contributed by atoms with van der Waals surface area (Å²) in [5.41, 5.74) is 1.65. The number of nitrogens with one attached hydrogen (secondary N) is 1. The molecule has 2 amide bonds. The van der Waals surface area contributed by atoms with Crippen molar-refractivity contribution in [3.8, 4) is 0 Å². The third-order valence-corrected chi connectivity index (χ3v) is 5.75. The van der Waals surface area contributed by atoms with Gasteiger partial charge in [-0.05, 0) is 24.0 Å². The molecule has 0 fully saturated rings. The highest BCUT2D eigenvalue weighted by Crippen LogP contribution is 2.41. The third-order valence-electron chi connectivity index (χ3n) is 5.75. The molecular formula is C23H22F3N3O3. The lowest BCUT2D eigenvalue weighted by atomic mass is 10.0. The van der Waals surface area contributed by atoms with Crippen molar-refractivity contribution in [3.05, 3.63) is 70.9 Å². The number of rotatable bonds is 5. The zero-order valence-corrected chi connectivity index (χ0v) is 17.2. The molecule has 2 aromatic carbocycles. The van der Waals surface area contributed by atoms with Crippen molar-refractivity contribution in [2.45, 2.75) is 32.1 Å². The van der Waals surface area contributed by atoms with Gasteiger partial charge in [0, 0.05) is 30.7 Å². The molecule has 0 aliphatic carbocycles. The molecule has 0 unspecified atom stereocenters. The van der Waals surface area contributed by atoms with E-state index in [9.17, 15) is 22.8 Å². The molecule has 32 heavy (non-hydrogen) atoms. The van der Waals surface area contributed by atoms with Crippen LogP contribution in [0.15, 0.2) is 48.5 Å². The maximum atomic E-state index is 14.1. The van der Waals surface area contributed by atoms with E-state index in [-0.39, 0.29) is 43.7 Å². The largest absolute Gasteiger partial charge is 0.465 e. The lowest BCUT2D eigenvalue weighted by Crippen LogP contribution is -2.40. The SMILES string of the molecule is O=C(O)NCC(=O)N1CCn2c(CCc3ccccc3)c(C(F)(F)F)c3cccc(c32)C1. The van der Waals surface area contributed by atoms with Crippen molar-refractivity contribution >= 4 is 22.9 Å². The van der Waals surface area contributed by atoms with E-state index in [1.54, 1.807) is 16.7 Å². The number of para-hydroxylation sites is 1. The summed E-state index contributed by atoms with van der Waals surface area (Å²) in [6.45, 7) is 0.131. The quantitative estimate of drug-likeness (QED) is 0.622. The molecular weight excluding hydrogens is 423 g/mol. The lowest BCUT2D eigenvalue weighted by Gasteiger charge is -2.21. The van der Waals surface area contributed by atoms with Crippen LogP contribution in [0.1, 0.15) is 22.4 Å². The van der Waals surface area contributed by atoms with Crippen molar-refractivity contribution in [1.29, 1.82) is 0 Å². The van der Waals surface area contributed by atoms with E-state index >= 15 is 0 Å². The molecule has 168 valence electrons. The highest BCUT2D eigenvalue weighted by atomic mass is 19.4. The molecule has 1 aliphatic rings. The van der Waals surface area contributed by atoms with Crippen LogP contribution >= 0.6 is 0 Å². The molecule has 1 aliphatic heterocycles. The molecule has 0 atom stereocenters. The number of benzene rings is 2. The Kier molecular flexibility index (Phi) is 5.82. The lowest BCUT2D eigenvalue weighted by molar-refractivity contribution is -0.137. The molecule has 0 bridgehead atoms. The van der Waals surface area contributed by atoms with Crippen LogP contribution in [0.2, 0.25) is 0 Å². The van der Waals surface area contributed by atoms with Crippen LogP contribution in [-0.4, -0.2) is 39.7 Å². The van der Waals surface area contributed by atoms with Crippen molar-refractivity contribution in [1.82, 2.24) is 14.8 Å². The van der Waals surface area contributed by atoms with E-state index < -0.39 is 23.7 Å². The summed E-state index contributed by atoms with van der Waals surface area (Å²) in [5, 5.41) is 10.9. The van der Waals surface area contributed by atoms with E-state index in [0.29, 0.717) is 17.5 Å². The Balaban J connectivity index is 1.74. The maximum Gasteiger partial charge on any atom is 0.418 e. The number of hydrogen-bond acceptors (Lipinski definition) is 2. The standard InChI is InChI=1S/C23H22F3N3O3/c24-23(25,26)20-17-8-4-7-16-14-28(19(30)13-27-22(31)32)11-12-29(21(16)17)18(20)10-9-15-5-2-1-3-6-15/h1-8,27H,9-14H2,(H,31,32). The van der Waals surface area contributed by atoms with E-state index in [1.165, 1.54) is 11.0 Å². The van der Waals surface area contributed by atoms with Crippen LogP contribution < -0.4 is 5.32 Å². The van der Waals surface area contributed by atoms with Gasteiger partial charge in [-0.15, -0.1) is 0 Å². The number of alkyl halides is 3. The van der Waals surface area contributed by atoms with Crippen molar-refractivity contribution in [2.75, 3.05) is 13.1 Å². The number of nitrogens with zero attached hydrogens (tertiary/aromatic N) is 2. The molecule has 9 heteroatoms. The van der Waals surface area contributed by atoms with E-state index in [2.05, 4.69) is 5.32 Å². The predicted molar refractivity (Wildman–Crippen MR) is 112 cm³/mol. The molecule has 0 radical (unpaired) electrons. The number of carbonyl (C=O) groups excluding carboxylic acids is 1. The van der Waals surface area contributed by atoms with Gasteiger partial charge in [0.15, 0.2) is 0 Å². The molecule has 1 aromatic heterocycles. The van der Waals surface area contributed by atoms with Gasteiger partial charge in [-0.25, -0.2) is 4.79 Å². The van der Waals surface area contributed by atoms with Crippen LogP contribution in [0.3, 0.4) is 0 Å². The summed E-state index contributed by atoms with van der Waals surface area (Å²) < 4.78 is 44.1. The van der Waals surface area contributed by atoms with E-state index in [4.69, 9.17) is 5.11 Å². The van der Waals surface area contributed by atoms with Crippen LogP contribution in [0.25, 0.3) is 10.9 Å². The highest BCUT2D eigenvalue weighted by molar-refractivity contribution is 5.90. The average Bonchev–Trinajstić information content (AvgIpc) is 2.94. The number of hydrogen-bond donors (Lipinski definition) is 2. The zero-order valence-electron chi connectivity index (χ0n) is 17.2. The Hall–Kier alpha value is -3.49. The Bertz CT molecular complexity index is 1160. The van der Waals surface area contributed by atoms with Crippen molar-refractivity contribution in [3.63, 3.8) is 0 Å². The number of aryl methyl sites for hydroxylation is 1. The number of amides is 2. The number of carboxylic acid groups (broad SMARTS) is 1. The first-order valence-corrected chi connectivity index (χ1v) is 10.2. The first kappa shape index (κ1) is 21.7. The fourth-order valence-corrected chi connectivity index (χ4v) is 4.38. The van der Waals surface area contributed by atoms with Crippen molar-refractivity contribution in [2.24, 2.45) is 0 Å². The second-order valence-corrected chi connectivity index (χ2v) is 7.74. The summed E-state index contributed by atoms with van der Waals surface area (Å²) in [6, 6.07) is 14.1. The zero-order chi connectivity index (χ0) is 22.9. The smallest absolute Gasteiger partial charge is 0.418 e. The highest BCUT2D eigenvalue weighted by Gasteiger charge is 2.39. The van der Waals surface area contributed by atoms with Gasteiger partial charge >= 0.3 is 12.3 Å². The molecule has 2 heterocycles. The summed E-state index contributed by atoms with van der Waals surface area (Å²) in [4.78, 5) is 24.7. The molecule has 0 saturated heterocycles. The number of aromatic nitrogens is 1. The normalized spacial score (nSPS) is 13.8. The second-order valence-electron chi connectivity index (χ2n) is 7.74. The van der Waals surface area contributed by atoms with Gasteiger partial charge < -0.3 is 19.9 Å². The van der Waals surface area contributed by atoms with Gasteiger partial charge in [0.05, 0.1) is 11.1 Å². The fraction of sp³-hybridized carbons (Fsp3) is 0.304. The van der Waals surface area contributed by atoms with E-state index in [0.717, 1.165) is 5.56 Å². The average molecular weight is 445 g/mol. The summed E-state index contributed by atoms with van der Waals surface area (Å²) in [5.74, 6) is -0.419. The minimum atomic E-state index is -4.51. The Morgan fingerprint density at radius 1 is 1.00 bits per heavy atom. The Morgan fingerprint density at radius 3 is 2.44 bits per heavy atom. The van der Waals surface area contributed by atoms with Gasteiger partial charge in [-0.3, -0.25) is 4.79 Å². The second kappa shape index (κ2) is 8.57. The summed E-state index contributed by atoms with van der Waals surface area (Å²) in [7, 11) is 0. The first-order chi connectivity index (χ1) is 15.3. The minimum Gasteiger partial charge on any atom is -0.465 e. The monoisotopic (exact) mass is 445 g/mol. The van der Waals surface area contributed by atoms with Gasteiger partial charge in [-0.1, -0.05) is 48.5 Å². The minimum absolute atomic E-state index is 0.122. The number of carbonyl (C=O) groups is 2. The topological polar surface area (TPSA) is 74.6 Å². The molecule has 2 N–H and O–H groups in total. The third kappa shape index (κ3) is 4.28. The molecule has 4 rings (SSSR count). The number of halogens is 3.